The van der Waals surface area contributed by atoms with E-state index in [9.17, 15) is 13.6 Å². The Morgan fingerprint density at radius 1 is 1.38 bits per heavy atom. The number of hydrogen-bond donors (Lipinski definition) is 1. The van der Waals surface area contributed by atoms with Gasteiger partial charge in [-0.1, -0.05) is 11.8 Å². The van der Waals surface area contributed by atoms with Gasteiger partial charge in [0.05, 0.1) is 10.9 Å². The monoisotopic (exact) mass is 395 g/mol. The Hall–Kier alpha value is -2.33. The molecule has 0 aliphatic rings. The molecular formula is C16H15F2N5OS2. The van der Waals surface area contributed by atoms with Gasteiger partial charge in [-0.25, -0.2) is 13.8 Å². The first-order valence-corrected chi connectivity index (χ1v) is 9.50. The summed E-state index contributed by atoms with van der Waals surface area (Å²) in [5.74, 6) is -2.08. The Balaban J connectivity index is 1.66. The fraction of sp³-hybridized carbons (Fsp3) is 0.250. The smallest absolute Gasteiger partial charge is 0.239 e. The number of halogens is 2. The van der Waals surface area contributed by atoms with Gasteiger partial charge >= 0.3 is 0 Å². The summed E-state index contributed by atoms with van der Waals surface area (Å²) in [5, 5.41) is 12.9. The number of rotatable bonds is 6. The number of aryl methyl sites for hydroxylation is 1. The first-order valence-electron chi connectivity index (χ1n) is 7.74. The van der Waals surface area contributed by atoms with E-state index in [-0.39, 0.29) is 5.91 Å². The molecule has 0 spiro atoms. The number of thiazole rings is 1. The highest BCUT2D eigenvalue weighted by molar-refractivity contribution is 8.00. The predicted molar refractivity (Wildman–Crippen MR) is 97.1 cm³/mol. The quantitative estimate of drug-likeness (QED) is 0.643. The number of benzene rings is 1. The van der Waals surface area contributed by atoms with Crippen LogP contribution in [0.4, 0.5) is 13.9 Å². The van der Waals surface area contributed by atoms with Crippen molar-refractivity contribution in [3.63, 3.8) is 0 Å². The Morgan fingerprint density at radius 3 is 2.92 bits per heavy atom. The van der Waals surface area contributed by atoms with Crippen LogP contribution in [0.25, 0.3) is 11.3 Å². The number of carbonyl (C=O) groups is 1. The third-order valence-corrected chi connectivity index (χ3v) is 5.37. The van der Waals surface area contributed by atoms with Gasteiger partial charge in [0, 0.05) is 17.5 Å². The molecule has 2 aromatic heterocycles. The van der Waals surface area contributed by atoms with Crippen molar-refractivity contribution in [2.45, 2.75) is 30.8 Å². The second-order valence-corrected chi connectivity index (χ2v) is 7.48. The lowest BCUT2D eigenvalue weighted by Gasteiger charge is -2.10. The lowest BCUT2D eigenvalue weighted by Crippen LogP contribution is -2.22. The molecule has 10 heteroatoms. The van der Waals surface area contributed by atoms with Gasteiger partial charge in [-0.2, -0.15) is 0 Å². The molecule has 0 saturated carbocycles. The zero-order chi connectivity index (χ0) is 18.7. The minimum atomic E-state index is -0.939. The number of thioether (sulfide) groups is 1. The maximum Gasteiger partial charge on any atom is 0.239 e. The molecule has 0 fully saturated rings. The summed E-state index contributed by atoms with van der Waals surface area (Å²) in [6.45, 7) is 4.44. The summed E-state index contributed by atoms with van der Waals surface area (Å²) in [5.41, 5.74) is 0.911. The van der Waals surface area contributed by atoms with Crippen molar-refractivity contribution in [2.75, 3.05) is 5.32 Å². The van der Waals surface area contributed by atoms with Crippen LogP contribution in [0.1, 0.15) is 13.8 Å². The summed E-state index contributed by atoms with van der Waals surface area (Å²) in [6.07, 6.45) is 1.61. The average Bonchev–Trinajstić information content (AvgIpc) is 3.26. The van der Waals surface area contributed by atoms with E-state index in [2.05, 4.69) is 20.5 Å². The van der Waals surface area contributed by atoms with Crippen molar-refractivity contribution in [1.82, 2.24) is 19.7 Å². The lowest BCUT2D eigenvalue weighted by atomic mass is 10.2. The van der Waals surface area contributed by atoms with E-state index in [0.717, 1.165) is 12.1 Å². The van der Waals surface area contributed by atoms with Gasteiger partial charge < -0.3 is 9.88 Å². The van der Waals surface area contributed by atoms with Gasteiger partial charge in [-0.05, 0) is 32.0 Å². The van der Waals surface area contributed by atoms with E-state index in [1.807, 2.05) is 11.5 Å². The second-order valence-electron chi connectivity index (χ2n) is 5.32. The molecule has 0 unspecified atom stereocenters. The maximum atomic E-state index is 13.3. The molecular weight excluding hydrogens is 380 g/mol. The predicted octanol–water partition coefficient (Wildman–Crippen LogP) is 3.82. The van der Waals surface area contributed by atoms with Gasteiger partial charge in [0.2, 0.25) is 5.91 Å². The number of hydrogen-bond acceptors (Lipinski definition) is 6. The summed E-state index contributed by atoms with van der Waals surface area (Å²) in [7, 11) is 0. The van der Waals surface area contributed by atoms with E-state index in [0.29, 0.717) is 28.1 Å². The topological polar surface area (TPSA) is 72.7 Å². The number of nitrogens with zero attached hydrogens (tertiary/aromatic N) is 4. The molecule has 1 amide bonds. The largest absolute Gasteiger partial charge is 0.309 e. The number of carbonyl (C=O) groups excluding carboxylic acids is 1. The van der Waals surface area contributed by atoms with Crippen LogP contribution in [-0.4, -0.2) is 30.9 Å². The lowest BCUT2D eigenvalue weighted by molar-refractivity contribution is -0.115. The van der Waals surface area contributed by atoms with Gasteiger partial charge in [0.15, 0.2) is 21.9 Å². The van der Waals surface area contributed by atoms with Crippen molar-refractivity contribution >= 4 is 34.1 Å². The Morgan fingerprint density at radius 2 is 2.19 bits per heavy atom. The summed E-state index contributed by atoms with van der Waals surface area (Å²) in [6, 6.07) is 3.56. The molecule has 1 atom stereocenters. The first kappa shape index (κ1) is 18.5. The van der Waals surface area contributed by atoms with Gasteiger partial charge in [-0.3, -0.25) is 4.79 Å². The van der Waals surface area contributed by atoms with E-state index >= 15 is 0 Å². The van der Waals surface area contributed by atoms with Gasteiger partial charge in [0.25, 0.3) is 0 Å². The average molecular weight is 395 g/mol. The minimum Gasteiger partial charge on any atom is -0.309 e. The minimum absolute atomic E-state index is 0.230. The van der Waals surface area contributed by atoms with Crippen molar-refractivity contribution in [3.8, 4) is 11.3 Å². The molecule has 1 aromatic carbocycles. The standard InChI is InChI=1S/C16H15F2N5OS2/c1-3-23-8-19-22-16(23)26-9(2)14(24)21-15-20-13(7-25-15)10-4-5-11(17)12(18)6-10/h4-9H,3H2,1-2H3,(H,20,21,24)/t9-/m1/s1. The first-order chi connectivity index (χ1) is 12.5. The summed E-state index contributed by atoms with van der Waals surface area (Å²) in [4.78, 5) is 16.6. The van der Waals surface area contributed by atoms with E-state index < -0.39 is 16.9 Å². The van der Waals surface area contributed by atoms with Crippen molar-refractivity contribution in [3.05, 3.63) is 41.5 Å². The molecule has 0 radical (unpaired) electrons. The van der Waals surface area contributed by atoms with E-state index in [1.54, 1.807) is 18.6 Å². The van der Waals surface area contributed by atoms with E-state index in [1.165, 1.54) is 29.2 Å². The van der Waals surface area contributed by atoms with Crippen LogP contribution in [0.15, 0.2) is 35.1 Å². The van der Waals surface area contributed by atoms with Crippen LogP contribution in [0.3, 0.4) is 0 Å². The summed E-state index contributed by atoms with van der Waals surface area (Å²) >= 11 is 2.51. The Kier molecular flexibility index (Phi) is 5.62. The van der Waals surface area contributed by atoms with Crippen LogP contribution < -0.4 is 5.32 Å². The molecule has 2 heterocycles. The zero-order valence-corrected chi connectivity index (χ0v) is 15.6. The van der Waals surface area contributed by atoms with Crippen LogP contribution in [-0.2, 0) is 11.3 Å². The third kappa shape index (κ3) is 4.07. The van der Waals surface area contributed by atoms with Crippen LogP contribution >= 0.6 is 23.1 Å². The molecule has 0 aliphatic heterocycles. The highest BCUT2D eigenvalue weighted by Crippen LogP contribution is 2.27. The Bertz CT molecular complexity index is 927. The zero-order valence-electron chi connectivity index (χ0n) is 13.9. The maximum absolute atomic E-state index is 13.3. The molecule has 1 N–H and O–H groups in total. The second kappa shape index (κ2) is 7.92. The molecule has 3 rings (SSSR count). The highest BCUT2D eigenvalue weighted by Gasteiger charge is 2.19. The number of amides is 1. The molecule has 0 bridgehead atoms. The molecule has 0 aliphatic carbocycles. The number of anilines is 1. The highest BCUT2D eigenvalue weighted by atomic mass is 32.2. The van der Waals surface area contributed by atoms with Gasteiger partial charge in [0.1, 0.15) is 6.33 Å². The summed E-state index contributed by atoms with van der Waals surface area (Å²) < 4.78 is 28.2. The van der Waals surface area contributed by atoms with E-state index in [4.69, 9.17) is 0 Å². The van der Waals surface area contributed by atoms with Crippen LogP contribution in [0.2, 0.25) is 0 Å². The number of nitrogens with one attached hydrogen (secondary N) is 1. The molecule has 0 saturated heterocycles. The van der Waals surface area contributed by atoms with Crippen molar-refractivity contribution < 1.29 is 13.6 Å². The van der Waals surface area contributed by atoms with Crippen molar-refractivity contribution in [2.24, 2.45) is 0 Å². The molecule has 3 aromatic rings. The fourth-order valence-electron chi connectivity index (χ4n) is 2.09. The van der Waals surface area contributed by atoms with Gasteiger partial charge in [-0.15, -0.1) is 21.5 Å². The SMILES string of the molecule is CCn1cnnc1S[C@H](C)C(=O)Nc1nc(-c2ccc(F)c(F)c2)cs1. The molecule has 6 nitrogen and oxygen atoms in total. The molecule has 26 heavy (non-hydrogen) atoms. The Labute approximate surface area is 156 Å². The molecule has 136 valence electrons. The normalized spacial score (nSPS) is 12.2. The fourth-order valence-corrected chi connectivity index (χ4v) is 3.70. The number of aromatic nitrogens is 4. The van der Waals surface area contributed by atoms with Crippen LogP contribution in [0.5, 0.6) is 0 Å². The third-order valence-electron chi connectivity index (χ3n) is 3.52. The van der Waals surface area contributed by atoms with Crippen LogP contribution in [0, 0.1) is 11.6 Å². The van der Waals surface area contributed by atoms with Crippen molar-refractivity contribution in [1.29, 1.82) is 0 Å².